The van der Waals surface area contributed by atoms with Gasteiger partial charge in [-0.3, -0.25) is 4.79 Å². The second-order valence-electron chi connectivity index (χ2n) is 9.21. The summed E-state index contributed by atoms with van der Waals surface area (Å²) in [5.41, 5.74) is 4.53. The predicted molar refractivity (Wildman–Crippen MR) is 121 cm³/mol. The first-order valence-electron chi connectivity index (χ1n) is 11.2. The Balaban J connectivity index is 1.36. The molecule has 5 atom stereocenters. The average Bonchev–Trinajstić information content (AvgIpc) is 3.43. The standard InChI is InChI=1S/C27H25FN2O/c28-21-8-4-5-9-23(21)30-27(31)19-12-13-22-20(15-19)24-17-10-11-18(14-17)25(24)26(29-22)16-6-2-1-3-7-16/h1-9,12-13,15,17-18,24-26,29H,10-11,14H2,(H,30,31)/t17-,18-,24-,25-,26-/m0/s1. The molecule has 3 aromatic carbocycles. The smallest absolute Gasteiger partial charge is 0.255 e. The van der Waals surface area contributed by atoms with E-state index in [-0.39, 0.29) is 11.6 Å². The molecule has 2 aliphatic carbocycles. The lowest BCUT2D eigenvalue weighted by Gasteiger charge is -2.43. The lowest BCUT2D eigenvalue weighted by atomic mass is 9.68. The van der Waals surface area contributed by atoms with E-state index in [9.17, 15) is 9.18 Å². The molecule has 0 spiro atoms. The largest absolute Gasteiger partial charge is 0.378 e. The van der Waals surface area contributed by atoms with Gasteiger partial charge in [0, 0.05) is 11.3 Å². The van der Waals surface area contributed by atoms with Gasteiger partial charge >= 0.3 is 0 Å². The fourth-order valence-corrected chi connectivity index (χ4v) is 6.37. The SMILES string of the molecule is O=C(Nc1ccccc1F)c1ccc2c(c1)[C@@H]1[C@H]3CC[C@@H](C3)[C@@H]1[C@H](c1ccccc1)N2. The van der Waals surface area contributed by atoms with Gasteiger partial charge in [-0.25, -0.2) is 4.39 Å². The van der Waals surface area contributed by atoms with Crippen molar-refractivity contribution in [2.75, 3.05) is 10.6 Å². The third-order valence-corrected chi connectivity index (χ3v) is 7.63. The molecule has 0 aromatic heterocycles. The molecular weight excluding hydrogens is 387 g/mol. The van der Waals surface area contributed by atoms with Gasteiger partial charge in [-0.05, 0) is 84.4 Å². The Hall–Kier alpha value is -3.14. The summed E-state index contributed by atoms with van der Waals surface area (Å²) in [5.74, 6) is 1.76. The second kappa shape index (κ2) is 7.23. The Morgan fingerprint density at radius 1 is 0.935 bits per heavy atom. The number of amides is 1. The van der Waals surface area contributed by atoms with Crippen LogP contribution < -0.4 is 10.6 Å². The summed E-state index contributed by atoms with van der Waals surface area (Å²) in [6.45, 7) is 0. The van der Waals surface area contributed by atoms with Crippen LogP contribution in [-0.2, 0) is 0 Å². The van der Waals surface area contributed by atoms with Crippen molar-refractivity contribution in [3.05, 3.63) is 95.3 Å². The minimum absolute atomic E-state index is 0.213. The molecule has 6 rings (SSSR count). The maximum absolute atomic E-state index is 14.0. The third kappa shape index (κ3) is 3.04. The molecule has 2 fully saturated rings. The van der Waals surface area contributed by atoms with Gasteiger partial charge in [-0.1, -0.05) is 42.5 Å². The molecule has 0 saturated heterocycles. The van der Waals surface area contributed by atoms with Gasteiger partial charge in [0.05, 0.1) is 11.7 Å². The molecule has 3 aromatic rings. The Morgan fingerprint density at radius 3 is 2.55 bits per heavy atom. The van der Waals surface area contributed by atoms with Gasteiger partial charge in [0.2, 0.25) is 0 Å². The van der Waals surface area contributed by atoms with Gasteiger partial charge in [-0.15, -0.1) is 0 Å². The first-order valence-corrected chi connectivity index (χ1v) is 11.2. The molecule has 4 heteroatoms. The molecule has 2 saturated carbocycles. The number of fused-ring (bicyclic) bond motifs is 7. The maximum Gasteiger partial charge on any atom is 0.255 e. The minimum atomic E-state index is -0.422. The van der Waals surface area contributed by atoms with Crippen LogP contribution in [0.1, 0.15) is 52.7 Å². The van der Waals surface area contributed by atoms with E-state index in [0.29, 0.717) is 29.4 Å². The van der Waals surface area contributed by atoms with Gasteiger partial charge in [0.1, 0.15) is 5.82 Å². The van der Waals surface area contributed by atoms with Crippen molar-refractivity contribution in [2.45, 2.75) is 31.2 Å². The molecular formula is C27H25FN2O. The van der Waals surface area contributed by atoms with Crippen LogP contribution in [0.3, 0.4) is 0 Å². The van der Waals surface area contributed by atoms with Crippen LogP contribution in [-0.4, -0.2) is 5.91 Å². The molecule has 31 heavy (non-hydrogen) atoms. The van der Waals surface area contributed by atoms with Crippen LogP contribution in [0.25, 0.3) is 0 Å². The number of carbonyl (C=O) groups excluding carboxylic acids is 1. The Morgan fingerprint density at radius 2 is 1.71 bits per heavy atom. The normalized spacial score (nSPS) is 27.8. The fraction of sp³-hybridized carbons (Fsp3) is 0.296. The first kappa shape index (κ1) is 18.6. The van der Waals surface area contributed by atoms with Crippen molar-refractivity contribution in [1.82, 2.24) is 0 Å². The molecule has 1 aliphatic heterocycles. The number of nitrogens with one attached hydrogen (secondary N) is 2. The van der Waals surface area contributed by atoms with Crippen molar-refractivity contribution in [3.8, 4) is 0 Å². The highest BCUT2D eigenvalue weighted by molar-refractivity contribution is 6.04. The number of carbonyl (C=O) groups is 1. The van der Waals surface area contributed by atoms with Crippen LogP contribution in [0, 0.1) is 23.6 Å². The van der Waals surface area contributed by atoms with Crippen molar-refractivity contribution in [2.24, 2.45) is 17.8 Å². The number of hydrogen-bond donors (Lipinski definition) is 2. The van der Waals surface area contributed by atoms with E-state index in [4.69, 9.17) is 0 Å². The van der Waals surface area contributed by atoms with Crippen LogP contribution in [0.2, 0.25) is 0 Å². The van der Waals surface area contributed by atoms with Crippen molar-refractivity contribution in [1.29, 1.82) is 0 Å². The monoisotopic (exact) mass is 412 g/mol. The highest BCUT2D eigenvalue weighted by Gasteiger charge is 2.53. The maximum atomic E-state index is 14.0. The van der Waals surface area contributed by atoms with Gasteiger partial charge in [-0.2, -0.15) is 0 Å². The van der Waals surface area contributed by atoms with Gasteiger partial charge in [0.15, 0.2) is 0 Å². The summed E-state index contributed by atoms with van der Waals surface area (Å²) in [4.78, 5) is 12.9. The second-order valence-corrected chi connectivity index (χ2v) is 9.21. The van der Waals surface area contributed by atoms with E-state index >= 15 is 0 Å². The van der Waals surface area contributed by atoms with Gasteiger partial charge in [0.25, 0.3) is 5.91 Å². The quantitative estimate of drug-likeness (QED) is 0.524. The molecule has 2 N–H and O–H groups in total. The number of anilines is 2. The van der Waals surface area contributed by atoms with Crippen molar-refractivity contribution >= 4 is 17.3 Å². The highest BCUT2D eigenvalue weighted by Crippen LogP contribution is 2.63. The summed E-state index contributed by atoms with van der Waals surface area (Å²) in [7, 11) is 0. The number of hydrogen-bond acceptors (Lipinski definition) is 2. The fourth-order valence-electron chi connectivity index (χ4n) is 6.37. The van der Waals surface area contributed by atoms with E-state index in [1.807, 2.05) is 18.2 Å². The van der Waals surface area contributed by atoms with E-state index in [0.717, 1.165) is 11.6 Å². The average molecular weight is 413 g/mol. The predicted octanol–water partition coefficient (Wildman–Crippen LogP) is 6.37. The molecule has 0 radical (unpaired) electrons. The van der Waals surface area contributed by atoms with E-state index in [1.54, 1.807) is 18.2 Å². The molecule has 156 valence electrons. The zero-order valence-electron chi connectivity index (χ0n) is 17.2. The van der Waals surface area contributed by atoms with Crippen LogP contribution in [0.15, 0.2) is 72.8 Å². The zero-order chi connectivity index (χ0) is 20.9. The summed E-state index contributed by atoms with van der Waals surface area (Å²) in [6, 6.07) is 23.3. The van der Waals surface area contributed by atoms with Crippen LogP contribution in [0.4, 0.5) is 15.8 Å². The molecule has 0 unspecified atom stereocenters. The Labute approximate surface area is 181 Å². The van der Waals surface area contributed by atoms with Crippen molar-refractivity contribution < 1.29 is 9.18 Å². The van der Waals surface area contributed by atoms with E-state index in [2.05, 4.69) is 41.0 Å². The van der Waals surface area contributed by atoms with Crippen LogP contribution >= 0.6 is 0 Å². The lowest BCUT2D eigenvalue weighted by Crippen LogP contribution is -2.35. The summed E-state index contributed by atoms with van der Waals surface area (Å²) in [5, 5.41) is 6.53. The summed E-state index contributed by atoms with van der Waals surface area (Å²) < 4.78 is 14.0. The first-order chi connectivity index (χ1) is 15.2. The number of para-hydroxylation sites is 1. The highest BCUT2D eigenvalue weighted by atomic mass is 19.1. The van der Waals surface area contributed by atoms with Gasteiger partial charge < -0.3 is 10.6 Å². The summed E-state index contributed by atoms with van der Waals surface area (Å²) in [6.07, 6.45) is 3.86. The number of rotatable bonds is 3. The molecule has 3 aliphatic rings. The third-order valence-electron chi connectivity index (χ3n) is 7.63. The Kier molecular flexibility index (Phi) is 4.34. The molecule has 1 amide bonds. The molecule has 2 bridgehead atoms. The number of benzene rings is 3. The molecule has 3 nitrogen and oxygen atoms in total. The van der Waals surface area contributed by atoms with E-state index in [1.165, 1.54) is 36.5 Å². The minimum Gasteiger partial charge on any atom is -0.378 e. The van der Waals surface area contributed by atoms with E-state index < -0.39 is 5.82 Å². The number of halogens is 1. The van der Waals surface area contributed by atoms with Crippen LogP contribution in [0.5, 0.6) is 0 Å². The topological polar surface area (TPSA) is 41.1 Å². The molecule has 1 heterocycles. The zero-order valence-corrected chi connectivity index (χ0v) is 17.2. The lowest BCUT2D eigenvalue weighted by molar-refractivity contribution is 0.102. The Bertz CT molecular complexity index is 1140. The van der Waals surface area contributed by atoms with Crippen molar-refractivity contribution in [3.63, 3.8) is 0 Å². The summed E-state index contributed by atoms with van der Waals surface area (Å²) >= 11 is 0.